The molecule has 0 radical (unpaired) electrons. The Morgan fingerprint density at radius 3 is 2.92 bits per heavy atom. The third-order valence-electron chi connectivity index (χ3n) is 5.00. The van der Waals surface area contributed by atoms with Crippen molar-refractivity contribution in [1.82, 2.24) is 9.47 Å². The molecule has 2 atom stereocenters. The van der Waals surface area contributed by atoms with E-state index in [0.717, 1.165) is 25.8 Å². The molecule has 7 heteroatoms. The lowest BCUT2D eigenvalue weighted by Crippen LogP contribution is -2.29. The van der Waals surface area contributed by atoms with Crippen molar-refractivity contribution in [1.29, 1.82) is 0 Å². The van der Waals surface area contributed by atoms with Gasteiger partial charge in [-0.1, -0.05) is 6.42 Å². The highest BCUT2D eigenvalue weighted by Crippen LogP contribution is 2.32. The summed E-state index contributed by atoms with van der Waals surface area (Å²) in [6.45, 7) is 1.81. The average Bonchev–Trinajstić information content (AvgIpc) is 3.16. The molecule has 0 aliphatic heterocycles. The van der Waals surface area contributed by atoms with Crippen LogP contribution in [0.25, 0.3) is 11.1 Å². The van der Waals surface area contributed by atoms with Crippen LogP contribution in [0.1, 0.15) is 19.3 Å². The fourth-order valence-corrected chi connectivity index (χ4v) is 3.55. The first kappa shape index (κ1) is 17.7. The molecule has 1 heterocycles. The number of hydrogen-bond acceptors (Lipinski definition) is 5. The number of aromatic nitrogens is 1. The number of oxazole rings is 1. The summed E-state index contributed by atoms with van der Waals surface area (Å²) < 4.78 is 6.89. The van der Waals surface area contributed by atoms with E-state index in [1.54, 1.807) is 22.8 Å². The van der Waals surface area contributed by atoms with Crippen LogP contribution in [-0.4, -0.2) is 42.6 Å². The first-order chi connectivity index (χ1) is 12.0. The van der Waals surface area contributed by atoms with Gasteiger partial charge in [0.15, 0.2) is 5.58 Å². The number of nitrogens with zero attached hydrogens (tertiary/aromatic N) is 2. The number of carbonyl (C=O) groups is 1. The largest absolute Gasteiger partial charge is 0.419 e. The van der Waals surface area contributed by atoms with E-state index in [-0.39, 0.29) is 23.5 Å². The lowest BCUT2D eigenvalue weighted by molar-refractivity contribution is -0.120. The van der Waals surface area contributed by atoms with E-state index in [9.17, 15) is 9.59 Å². The third kappa shape index (κ3) is 3.77. The van der Waals surface area contributed by atoms with Crippen molar-refractivity contribution in [2.75, 3.05) is 32.5 Å². The molecule has 0 unspecified atom stereocenters. The maximum absolute atomic E-state index is 12.6. The molecule has 1 aliphatic carbocycles. The molecule has 25 heavy (non-hydrogen) atoms. The van der Waals surface area contributed by atoms with Crippen LogP contribution in [0.4, 0.5) is 5.69 Å². The van der Waals surface area contributed by atoms with Crippen LogP contribution in [-0.2, 0) is 11.3 Å². The summed E-state index contributed by atoms with van der Waals surface area (Å²) >= 11 is 0. The molecule has 0 spiro atoms. The minimum Gasteiger partial charge on any atom is -0.408 e. The molecule has 136 valence electrons. The van der Waals surface area contributed by atoms with Crippen LogP contribution in [0.15, 0.2) is 27.4 Å². The van der Waals surface area contributed by atoms with E-state index in [1.807, 2.05) is 19.0 Å². The van der Waals surface area contributed by atoms with Gasteiger partial charge in [0.2, 0.25) is 5.91 Å². The second kappa shape index (κ2) is 7.41. The lowest BCUT2D eigenvalue weighted by Gasteiger charge is -2.17. The van der Waals surface area contributed by atoms with E-state index >= 15 is 0 Å². The van der Waals surface area contributed by atoms with Gasteiger partial charge in [0.1, 0.15) is 0 Å². The first-order valence-electron chi connectivity index (χ1n) is 8.78. The van der Waals surface area contributed by atoms with E-state index in [0.29, 0.717) is 29.9 Å². The second-order valence-corrected chi connectivity index (χ2v) is 7.03. The Balaban J connectivity index is 1.81. The summed E-state index contributed by atoms with van der Waals surface area (Å²) in [5, 5.41) is 2.98. The fraction of sp³-hybridized carbons (Fsp3) is 0.556. The van der Waals surface area contributed by atoms with Crippen molar-refractivity contribution in [2.45, 2.75) is 25.8 Å². The molecule has 7 nitrogen and oxygen atoms in total. The van der Waals surface area contributed by atoms with E-state index in [2.05, 4.69) is 5.32 Å². The highest BCUT2D eigenvalue weighted by atomic mass is 16.4. The minimum atomic E-state index is -0.376. The Morgan fingerprint density at radius 2 is 2.20 bits per heavy atom. The molecule has 1 fully saturated rings. The summed E-state index contributed by atoms with van der Waals surface area (Å²) in [6.07, 6.45) is 2.94. The molecule has 3 rings (SSSR count). The molecule has 0 bridgehead atoms. The quantitative estimate of drug-likeness (QED) is 0.826. The summed E-state index contributed by atoms with van der Waals surface area (Å²) in [4.78, 5) is 26.6. The van der Waals surface area contributed by atoms with Crippen LogP contribution in [0.3, 0.4) is 0 Å². The molecule has 1 amide bonds. The average molecular weight is 346 g/mol. The third-order valence-corrected chi connectivity index (χ3v) is 5.00. The Kier molecular flexibility index (Phi) is 5.24. The second-order valence-electron chi connectivity index (χ2n) is 7.03. The number of nitrogens with two attached hydrogens (primary N) is 1. The molecule has 1 saturated carbocycles. The van der Waals surface area contributed by atoms with Gasteiger partial charge in [-0.25, -0.2) is 4.79 Å². The highest BCUT2D eigenvalue weighted by molar-refractivity contribution is 5.94. The number of nitrogens with one attached hydrogen (secondary N) is 1. The number of fused-ring (bicyclic) bond motifs is 1. The zero-order valence-corrected chi connectivity index (χ0v) is 14.8. The van der Waals surface area contributed by atoms with Gasteiger partial charge in [-0.15, -0.1) is 0 Å². The highest BCUT2D eigenvalue weighted by Gasteiger charge is 2.31. The van der Waals surface area contributed by atoms with Crippen LogP contribution in [0.5, 0.6) is 0 Å². The molecule has 1 aromatic heterocycles. The van der Waals surface area contributed by atoms with Crippen molar-refractivity contribution in [3.63, 3.8) is 0 Å². The maximum atomic E-state index is 12.6. The van der Waals surface area contributed by atoms with Crippen molar-refractivity contribution >= 4 is 22.7 Å². The van der Waals surface area contributed by atoms with Crippen molar-refractivity contribution in [3.05, 3.63) is 28.7 Å². The Hall–Kier alpha value is -2.12. The van der Waals surface area contributed by atoms with E-state index < -0.39 is 0 Å². The number of amides is 1. The van der Waals surface area contributed by atoms with Crippen LogP contribution < -0.4 is 16.8 Å². The molecular weight excluding hydrogens is 320 g/mol. The van der Waals surface area contributed by atoms with E-state index in [4.69, 9.17) is 10.2 Å². The molecule has 0 saturated heterocycles. The van der Waals surface area contributed by atoms with Crippen LogP contribution in [0.2, 0.25) is 0 Å². The van der Waals surface area contributed by atoms with Gasteiger partial charge in [0.05, 0.1) is 5.52 Å². The molecule has 3 N–H and O–H groups in total. The summed E-state index contributed by atoms with van der Waals surface area (Å²) in [6, 6.07) is 5.31. The van der Waals surface area contributed by atoms with Gasteiger partial charge in [-0.05, 0) is 57.6 Å². The van der Waals surface area contributed by atoms with Crippen molar-refractivity contribution in [3.8, 4) is 0 Å². The predicted molar refractivity (Wildman–Crippen MR) is 97.5 cm³/mol. The van der Waals surface area contributed by atoms with Crippen LogP contribution >= 0.6 is 0 Å². The topological polar surface area (TPSA) is 93.5 Å². The molecule has 2 aromatic rings. The maximum Gasteiger partial charge on any atom is 0.419 e. The fourth-order valence-electron chi connectivity index (χ4n) is 3.55. The first-order valence-corrected chi connectivity index (χ1v) is 8.78. The zero-order valence-electron chi connectivity index (χ0n) is 14.8. The van der Waals surface area contributed by atoms with Gasteiger partial charge in [0, 0.05) is 24.7 Å². The summed E-state index contributed by atoms with van der Waals surface area (Å²) in [5.41, 5.74) is 7.69. The number of carbonyl (C=O) groups excluding carboxylic acids is 1. The Bertz CT molecular complexity index is 808. The van der Waals surface area contributed by atoms with Gasteiger partial charge in [0.25, 0.3) is 0 Å². The number of rotatable bonds is 6. The SMILES string of the molecule is CN(C)CCn1c(=O)oc2ccc(NC(=O)[C@@H]3CCC[C@@H]3CN)cc21. The molecule has 1 aromatic carbocycles. The predicted octanol–water partition coefficient (Wildman–Crippen LogP) is 1.47. The lowest BCUT2D eigenvalue weighted by atomic mass is 9.95. The standard InChI is InChI=1S/C18H26N4O3/c1-21(2)8-9-22-15-10-13(6-7-16(15)25-18(22)24)20-17(23)14-5-3-4-12(14)11-19/h6-7,10,12,14H,3-5,8-9,11,19H2,1-2H3,(H,20,23)/t12-,14-/m1/s1. The smallest absolute Gasteiger partial charge is 0.408 e. The number of likely N-dealkylation sites (N-methyl/N-ethyl adjacent to an activating group) is 1. The normalized spacial score (nSPS) is 20.5. The van der Waals surface area contributed by atoms with E-state index in [1.165, 1.54) is 0 Å². The molecule has 1 aliphatic rings. The number of anilines is 1. The van der Waals surface area contributed by atoms with Crippen LogP contribution in [0, 0.1) is 11.8 Å². The Morgan fingerprint density at radius 1 is 1.40 bits per heavy atom. The molecular formula is C18H26N4O3. The number of hydrogen-bond donors (Lipinski definition) is 2. The summed E-state index contributed by atoms with van der Waals surface area (Å²) in [7, 11) is 3.91. The van der Waals surface area contributed by atoms with Gasteiger partial charge < -0.3 is 20.4 Å². The van der Waals surface area contributed by atoms with Crippen molar-refractivity contribution < 1.29 is 9.21 Å². The van der Waals surface area contributed by atoms with Gasteiger partial charge in [-0.3, -0.25) is 9.36 Å². The van der Waals surface area contributed by atoms with Gasteiger partial charge in [-0.2, -0.15) is 0 Å². The monoisotopic (exact) mass is 346 g/mol. The zero-order chi connectivity index (χ0) is 18.0. The number of benzene rings is 1. The summed E-state index contributed by atoms with van der Waals surface area (Å²) in [5.74, 6) is -0.130. The van der Waals surface area contributed by atoms with Gasteiger partial charge >= 0.3 is 5.76 Å². The Labute approximate surface area is 146 Å². The minimum absolute atomic E-state index is 0.0120. The van der Waals surface area contributed by atoms with Crippen molar-refractivity contribution in [2.24, 2.45) is 17.6 Å².